The molecular formula is C13H20N4O2. The molecule has 19 heavy (non-hydrogen) atoms. The first-order chi connectivity index (χ1) is 9.25. The molecule has 0 bridgehead atoms. The molecule has 2 heterocycles. The van der Waals surface area contributed by atoms with E-state index in [0.29, 0.717) is 19.2 Å². The van der Waals surface area contributed by atoms with E-state index in [1.165, 1.54) is 5.69 Å². The van der Waals surface area contributed by atoms with Gasteiger partial charge in [0.15, 0.2) is 0 Å². The van der Waals surface area contributed by atoms with Crippen molar-refractivity contribution >= 4 is 11.8 Å². The number of hydrogen-bond acceptors (Lipinski definition) is 5. The number of carbonyl (C=O) groups excluding carboxylic acids is 1. The standard InChI is InChI=1S/C13H20N4O2/c14-13(18)19-10-7-16-11-3-8-17(9-4-11)12-1-5-15-6-2-12/h1-2,5-6,11,16H,3-4,7-10H2,(H2,14,18). The van der Waals surface area contributed by atoms with Gasteiger partial charge in [0.25, 0.3) is 0 Å². The first-order valence-electron chi connectivity index (χ1n) is 6.56. The normalized spacial score (nSPS) is 16.3. The van der Waals surface area contributed by atoms with Crippen LogP contribution in [0.5, 0.6) is 0 Å². The van der Waals surface area contributed by atoms with Crippen molar-refractivity contribution in [2.75, 3.05) is 31.1 Å². The van der Waals surface area contributed by atoms with Crippen molar-refractivity contribution in [1.29, 1.82) is 0 Å². The second kappa shape index (κ2) is 6.94. The van der Waals surface area contributed by atoms with Gasteiger partial charge in [-0.1, -0.05) is 0 Å². The highest BCUT2D eigenvalue weighted by atomic mass is 16.5. The van der Waals surface area contributed by atoms with Gasteiger partial charge in [-0.2, -0.15) is 0 Å². The molecule has 1 aromatic heterocycles. The summed E-state index contributed by atoms with van der Waals surface area (Å²) in [4.78, 5) is 16.8. The topological polar surface area (TPSA) is 80.5 Å². The van der Waals surface area contributed by atoms with Crippen molar-refractivity contribution in [3.05, 3.63) is 24.5 Å². The summed E-state index contributed by atoms with van der Waals surface area (Å²) in [5.41, 5.74) is 6.12. The van der Waals surface area contributed by atoms with Gasteiger partial charge in [0.1, 0.15) is 6.61 Å². The minimum Gasteiger partial charge on any atom is -0.448 e. The average Bonchev–Trinajstić information content (AvgIpc) is 2.45. The molecule has 2 rings (SSSR count). The fraction of sp³-hybridized carbons (Fsp3) is 0.538. The van der Waals surface area contributed by atoms with Crippen LogP contribution in [-0.2, 0) is 4.74 Å². The van der Waals surface area contributed by atoms with Gasteiger partial charge in [-0.25, -0.2) is 4.79 Å². The van der Waals surface area contributed by atoms with Crippen molar-refractivity contribution in [2.45, 2.75) is 18.9 Å². The lowest BCUT2D eigenvalue weighted by atomic mass is 10.0. The molecule has 0 aromatic carbocycles. The number of hydrogen-bond donors (Lipinski definition) is 2. The number of aromatic nitrogens is 1. The van der Waals surface area contributed by atoms with E-state index in [-0.39, 0.29) is 0 Å². The summed E-state index contributed by atoms with van der Waals surface area (Å²) in [7, 11) is 0. The van der Waals surface area contributed by atoms with Crippen molar-refractivity contribution < 1.29 is 9.53 Å². The van der Waals surface area contributed by atoms with Crippen LogP contribution in [0.25, 0.3) is 0 Å². The average molecular weight is 264 g/mol. The molecule has 0 saturated carbocycles. The number of primary amides is 1. The van der Waals surface area contributed by atoms with E-state index in [2.05, 4.69) is 19.9 Å². The van der Waals surface area contributed by atoms with Crippen LogP contribution in [0.1, 0.15) is 12.8 Å². The molecule has 6 heteroatoms. The van der Waals surface area contributed by atoms with Crippen molar-refractivity contribution in [3.63, 3.8) is 0 Å². The number of nitrogens with zero attached hydrogens (tertiary/aromatic N) is 2. The number of ether oxygens (including phenoxy) is 1. The van der Waals surface area contributed by atoms with Crippen LogP contribution in [-0.4, -0.2) is 43.4 Å². The highest BCUT2D eigenvalue weighted by Crippen LogP contribution is 2.18. The Morgan fingerprint density at radius 2 is 2.11 bits per heavy atom. The zero-order valence-corrected chi connectivity index (χ0v) is 10.9. The molecule has 0 atom stereocenters. The number of anilines is 1. The summed E-state index contributed by atoms with van der Waals surface area (Å²) >= 11 is 0. The monoisotopic (exact) mass is 264 g/mol. The van der Waals surface area contributed by atoms with Gasteiger partial charge in [0.05, 0.1) is 0 Å². The molecule has 1 aliphatic rings. The molecular weight excluding hydrogens is 244 g/mol. The molecule has 6 nitrogen and oxygen atoms in total. The maximum absolute atomic E-state index is 10.4. The van der Waals surface area contributed by atoms with Crippen molar-refractivity contribution in [2.24, 2.45) is 5.73 Å². The van der Waals surface area contributed by atoms with Crippen LogP contribution in [0.4, 0.5) is 10.5 Å². The molecule has 1 fully saturated rings. The Hall–Kier alpha value is -1.82. The second-order valence-corrected chi connectivity index (χ2v) is 4.59. The van der Waals surface area contributed by atoms with E-state index in [1.54, 1.807) is 0 Å². The van der Waals surface area contributed by atoms with E-state index in [1.807, 2.05) is 24.5 Å². The van der Waals surface area contributed by atoms with Crippen LogP contribution in [0.3, 0.4) is 0 Å². The van der Waals surface area contributed by atoms with Gasteiger partial charge in [-0.3, -0.25) is 4.98 Å². The van der Waals surface area contributed by atoms with Crippen LogP contribution in [0.2, 0.25) is 0 Å². The number of carbonyl (C=O) groups is 1. The predicted molar refractivity (Wildman–Crippen MR) is 73.0 cm³/mol. The van der Waals surface area contributed by atoms with Crippen molar-refractivity contribution in [1.82, 2.24) is 10.3 Å². The molecule has 3 N–H and O–H groups in total. The van der Waals surface area contributed by atoms with Gasteiger partial charge >= 0.3 is 6.09 Å². The third-order valence-corrected chi connectivity index (χ3v) is 3.30. The maximum atomic E-state index is 10.4. The number of nitrogens with one attached hydrogen (secondary N) is 1. The van der Waals surface area contributed by atoms with Crippen LogP contribution < -0.4 is 16.0 Å². The number of rotatable bonds is 5. The molecule has 1 aliphatic heterocycles. The Kier molecular flexibility index (Phi) is 4.97. The predicted octanol–water partition coefficient (Wildman–Crippen LogP) is 0.735. The Morgan fingerprint density at radius 1 is 1.42 bits per heavy atom. The van der Waals surface area contributed by atoms with Gasteiger partial charge in [0.2, 0.25) is 0 Å². The largest absolute Gasteiger partial charge is 0.448 e. The Labute approximate surface area is 112 Å². The third-order valence-electron chi connectivity index (χ3n) is 3.30. The van der Waals surface area contributed by atoms with Crippen LogP contribution >= 0.6 is 0 Å². The van der Waals surface area contributed by atoms with E-state index < -0.39 is 6.09 Å². The zero-order valence-electron chi connectivity index (χ0n) is 10.9. The number of nitrogens with two attached hydrogens (primary N) is 1. The van der Waals surface area contributed by atoms with E-state index in [4.69, 9.17) is 5.73 Å². The zero-order chi connectivity index (χ0) is 13.5. The molecule has 0 aliphatic carbocycles. The quantitative estimate of drug-likeness (QED) is 0.767. The smallest absolute Gasteiger partial charge is 0.404 e. The number of amides is 1. The summed E-state index contributed by atoms with van der Waals surface area (Å²) in [6.07, 6.45) is 5.09. The summed E-state index contributed by atoms with van der Waals surface area (Å²) in [6, 6.07) is 4.55. The summed E-state index contributed by atoms with van der Waals surface area (Å²) < 4.78 is 4.68. The molecule has 1 saturated heterocycles. The molecule has 104 valence electrons. The third kappa shape index (κ3) is 4.40. The number of pyridine rings is 1. The first kappa shape index (κ1) is 13.6. The summed E-state index contributed by atoms with van der Waals surface area (Å²) in [6.45, 7) is 3.04. The number of piperidine rings is 1. The van der Waals surface area contributed by atoms with Crippen LogP contribution in [0.15, 0.2) is 24.5 Å². The lowest BCUT2D eigenvalue weighted by Gasteiger charge is -2.34. The Morgan fingerprint density at radius 3 is 2.74 bits per heavy atom. The minimum atomic E-state index is -0.714. The fourth-order valence-corrected chi connectivity index (χ4v) is 2.31. The lowest BCUT2D eigenvalue weighted by molar-refractivity contribution is 0.155. The SMILES string of the molecule is NC(=O)OCCNC1CCN(c2ccncc2)CC1. The van der Waals surface area contributed by atoms with E-state index in [0.717, 1.165) is 25.9 Å². The molecule has 0 radical (unpaired) electrons. The highest BCUT2D eigenvalue weighted by Gasteiger charge is 2.18. The first-order valence-corrected chi connectivity index (χ1v) is 6.56. The Balaban J connectivity index is 1.67. The summed E-state index contributed by atoms with van der Waals surface area (Å²) in [5, 5.41) is 3.38. The Bertz CT molecular complexity index is 391. The van der Waals surface area contributed by atoms with Gasteiger partial charge in [-0.05, 0) is 25.0 Å². The highest BCUT2D eigenvalue weighted by molar-refractivity contribution is 5.64. The molecule has 1 amide bonds. The van der Waals surface area contributed by atoms with E-state index >= 15 is 0 Å². The molecule has 0 spiro atoms. The van der Waals surface area contributed by atoms with E-state index in [9.17, 15) is 4.79 Å². The molecule has 1 aromatic rings. The lowest BCUT2D eigenvalue weighted by Crippen LogP contribution is -2.43. The maximum Gasteiger partial charge on any atom is 0.404 e. The van der Waals surface area contributed by atoms with Gasteiger partial charge in [-0.15, -0.1) is 0 Å². The van der Waals surface area contributed by atoms with Crippen LogP contribution in [0, 0.1) is 0 Å². The second-order valence-electron chi connectivity index (χ2n) is 4.59. The fourth-order valence-electron chi connectivity index (χ4n) is 2.31. The van der Waals surface area contributed by atoms with Gasteiger partial charge < -0.3 is 20.7 Å². The summed E-state index contributed by atoms with van der Waals surface area (Å²) in [5.74, 6) is 0. The van der Waals surface area contributed by atoms with Crippen molar-refractivity contribution in [3.8, 4) is 0 Å². The molecule has 0 unspecified atom stereocenters. The van der Waals surface area contributed by atoms with Gasteiger partial charge in [0, 0.05) is 43.8 Å². The minimum absolute atomic E-state index is 0.333.